The van der Waals surface area contributed by atoms with E-state index < -0.39 is 0 Å². The number of nitrogens with one attached hydrogen (secondary N) is 1. The lowest BCUT2D eigenvalue weighted by molar-refractivity contribution is 0.208. The predicted octanol–water partition coefficient (Wildman–Crippen LogP) is 1.97. The first-order chi connectivity index (χ1) is 7.90. The van der Waals surface area contributed by atoms with Crippen molar-refractivity contribution in [2.45, 2.75) is 31.3 Å². The highest BCUT2D eigenvalue weighted by Crippen LogP contribution is 2.35. The van der Waals surface area contributed by atoms with Crippen molar-refractivity contribution in [3.63, 3.8) is 0 Å². The second-order valence-corrected chi connectivity index (χ2v) is 4.98. The Morgan fingerprint density at radius 1 is 1.19 bits per heavy atom. The number of likely N-dealkylation sites (N-methyl/N-ethyl adjacent to an activating group) is 1. The summed E-state index contributed by atoms with van der Waals surface area (Å²) < 4.78 is 0. The second kappa shape index (κ2) is 4.19. The molecule has 1 aliphatic heterocycles. The maximum absolute atomic E-state index is 3.51. The molecule has 0 saturated carbocycles. The molecule has 2 atom stereocenters. The van der Waals surface area contributed by atoms with Gasteiger partial charge in [-0.2, -0.15) is 0 Å². The molecule has 16 heavy (non-hydrogen) atoms. The van der Waals surface area contributed by atoms with Crippen LogP contribution in [0.5, 0.6) is 0 Å². The highest BCUT2D eigenvalue weighted by Gasteiger charge is 2.35. The lowest BCUT2D eigenvalue weighted by Gasteiger charge is -2.29. The zero-order chi connectivity index (χ0) is 11.0. The van der Waals surface area contributed by atoms with Crippen LogP contribution in [0.1, 0.15) is 30.0 Å². The van der Waals surface area contributed by atoms with Crippen LogP contribution in [0.4, 0.5) is 0 Å². The molecule has 1 heterocycles. The summed E-state index contributed by atoms with van der Waals surface area (Å²) >= 11 is 0. The van der Waals surface area contributed by atoms with Crippen molar-refractivity contribution in [3.8, 4) is 0 Å². The molecule has 1 aromatic rings. The molecule has 86 valence electrons. The van der Waals surface area contributed by atoms with E-state index in [1.54, 1.807) is 5.56 Å². The molecule has 2 aliphatic rings. The van der Waals surface area contributed by atoms with Gasteiger partial charge in [-0.05, 0) is 50.5 Å². The topological polar surface area (TPSA) is 15.3 Å². The Bertz CT molecular complexity index is 369. The normalized spacial score (nSPS) is 29.6. The van der Waals surface area contributed by atoms with Gasteiger partial charge >= 0.3 is 0 Å². The van der Waals surface area contributed by atoms with Crippen molar-refractivity contribution in [2.75, 3.05) is 20.1 Å². The number of rotatable bonds is 2. The van der Waals surface area contributed by atoms with Gasteiger partial charge in [0.05, 0.1) is 0 Å². The molecule has 0 radical (unpaired) electrons. The van der Waals surface area contributed by atoms with Crippen LogP contribution in [0.2, 0.25) is 0 Å². The van der Waals surface area contributed by atoms with Gasteiger partial charge in [-0.1, -0.05) is 24.3 Å². The number of hydrogen-bond acceptors (Lipinski definition) is 2. The molecule has 0 spiro atoms. The third-order valence-corrected chi connectivity index (χ3v) is 4.12. The summed E-state index contributed by atoms with van der Waals surface area (Å²) in [6.07, 6.45) is 3.98. The zero-order valence-corrected chi connectivity index (χ0v) is 9.95. The predicted molar refractivity (Wildman–Crippen MR) is 66.5 cm³/mol. The zero-order valence-electron chi connectivity index (χ0n) is 9.95. The maximum atomic E-state index is 3.51. The van der Waals surface area contributed by atoms with Gasteiger partial charge in [0.2, 0.25) is 0 Å². The quantitative estimate of drug-likeness (QED) is 0.813. The number of fused-ring (bicyclic) bond motifs is 1. The lowest BCUT2D eigenvalue weighted by atomic mass is 10.1. The fourth-order valence-corrected chi connectivity index (χ4v) is 3.33. The third-order valence-electron chi connectivity index (χ3n) is 4.12. The van der Waals surface area contributed by atoms with Gasteiger partial charge in [0, 0.05) is 12.1 Å². The number of likely N-dealkylation sites (tertiary alicyclic amines) is 1. The van der Waals surface area contributed by atoms with E-state index in [9.17, 15) is 0 Å². The van der Waals surface area contributed by atoms with Crippen LogP contribution < -0.4 is 5.32 Å². The molecule has 0 amide bonds. The Morgan fingerprint density at radius 3 is 2.69 bits per heavy atom. The summed E-state index contributed by atoms with van der Waals surface area (Å²) in [6.45, 7) is 2.58. The van der Waals surface area contributed by atoms with Crippen LogP contribution in [-0.4, -0.2) is 31.1 Å². The summed E-state index contributed by atoms with van der Waals surface area (Å²) in [5.41, 5.74) is 3.06. The Morgan fingerprint density at radius 2 is 1.94 bits per heavy atom. The van der Waals surface area contributed by atoms with E-state index in [1.807, 2.05) is 0 Å². The minimum Gasteiger partial charge on any atom is -0.312 e. The van der Waals surface area contributed by atoms with E-state index in [-0.39, 0.29) is 0 Å². The van der Waals surface area contributed by atoms with Gasteiger partial charge in [0.1, 0.15) is 0 Å². The molecule has 2 heteroatoms. The number of benzene rings is 1. The van der Waals surface area contributed by atoms with E-state index in [1.165, 1.54) is 37.9 Å². The molecular weight excluding hydrogens is 196 g/mol. The first kappa shape index (κ1) is 10.3. The van der Waals surface area contributed by atoms with E-state index >= 15 is 0 Å². The molecule has 3 rings (SSSR count). The largest absolute Gasteiger partial charge is 0.312 e. The van der Waals surface area contributed by atoms with Crippen molar-refractivity contribution < 1.29 is 0 Å². The average Bonchev–Trinajstić information content (AvgIpc) is 2.95. The van der Waals surface area contributed by atoms with E-state index in [0.717, 1.165) is 0 Å². The molecule has 1 saturated heterocycles. The average molecular weight is 216 g/mol. The molecule has 2 nitrogen and oxygen atoms in total. The molecule has 0 aromatic heterocycles. The Labute approximate surface area is 97.6 Å². The first-order valence-corrected chi connectivity index (χ1v) is 6.39. The van der Waals surface area contributed by atoms with Crippen molar-refractivity contribution in [3.05, 3.63) is 35.4 Å². The van der Waals surface area contributed by atoms with E-state index in [4.69, 9.17) is 0 Å². The van der Waals surface area contributed by atoms with Crippen LogP contribution in [0.15, 0.2) is 24.3 Å². The molecule has 0 bridgehead atoms. The van der Waals surface area contributed by atoms with Crippen molar-refractivity contribution in [1.82, 2.24) is 10.2 Å². The van der Waals surface area contributed by atoms with Crippen LogP contribution in [0.25, 0.3) is 0 Å². The monoisotopic (exact) mass is 216 g/mol. The standard InChI is InChI=1S/C14H20N2/c1-15-14-12-7-3-2-6-11(12)10-13(14)16-8-4-5-9-16/h2-3,6-7,13-15H,4-5,8-10H2,1H3. The van der Waals surface area contributed by atoms with Gasteiger partial charge in [-0.15, -0.1) is 0 Å². The van der Waals surface area contributed by atoms with Gasteiger partial charge < -0.3 is 5.32 Å². The minimum atomic E-state index is 0.536. The van der Waals surface area contributed by atoms with Gasteiger partial charge in [0.25, 0.3) is 0 Å². The Kier molecular flexibility index (Phi) is 2.70. The van der Waals surface area contributed by atoms with Gasteiger partial charge in [0.15, 0.2) is 0 Å². The van der Waals surface area contributed by atoms with E-state index in [2.05, 4.69) is 41.5 Å². The van der Waals surface area contributed by atoms with Gasteiger partial charge in [-0.3, -0.25) is 4.90 Å². The van der Waals surface area contributed by atoms with Crippen LogP contribution in [0, 0.1) is 0 Å². The maximum Gasteiger partial charge on any atom is 0.0481 e. The van der Waals surface area contributed by atoms with Crippen molar-refractivity contribution >= 4 is 0 Å². The summed E-state index contributed by atoms with van der Waals surface area (Å²) in [4.78, 5) is 2.67. The smallest absolute Gasteiger partial charge is 0.0481 e. The molecule has 1 aliphatic carbocycles. The first-order valence-electron chi connectivity index (χ1n) is 6.39. The Hall–Kier alpha value is -0.860. The molecule has 2 unspecified atom stereocenters. The Balaban J connectivity index is 1.88. The minimum absolute atomic E-state index is 0.536. The molecular formula is C14H20N2. The summed E-state index contributed by atoms with van der Waals surface area (Å²) in [5.74, 6) is 0. The summed E-state index contributed by atoms with van der Waals surface area (Å²) in [6, 6.07) is 10.1. The number of nitrogens with zero attached hydrogens (tertiary/aromatic N) is 1. The highest BCUT2D eigenvalue weighted by molar-refractivity contribution is 5.37. The van der Waals surface area contributed by atoms with Crippen molar-refractivity contribution in [1.29, 1.82) is 0 Å². The second-order valence-electron chi connectivity index (χ2n) is 4.98. The highest BCUT2D eigenvalue weighted by atomic mass is 15.2. The van der Waals surface area contributed by atoms with Crippen LogP contribution in [0.3, 0.4) is 0 Å². The fourth-order valence-electron chi connectivity index (χ4n) is 3.33. The lowest BCUT2D eigenvalue weighted by Crippen LogP contribution is -2.40. The van der Waals surface area contributed by atoms with E-state index in [0.29, 0.717) is 12.1 Å². The molecule has 1 N–H and O–H groups in total. The third kappa shape index (κ3) is 1.57. The molecule has 1 fully saturated rings. The number of hydrogen-bond donors (Lipinski definition) is 1. The molecule has 1 aromatic carbocycles. The van der Waals surface area contributed by atoms with Gasteiger partial charge in [-0.25, -0.2) is 0 Å². The SMILES string of the molecule is CNC1c2ccccc2CC1N1CCCC1. The fraction of sp³-hybridized carbons (Fsp3) is 0.571. The summed E-state index contributed by atoms with van der Waals surface area (Å²) in [7, 11) is 2.09. The van der Waals surface area contributed by atoms with Crippen LogP contribution in [-0.2, 0) is 6.42 Å². The van der Waals surface area contributed by atoms with Crippen molar-refractivity contribution in [2.24, 2.45) is 0 Å². The van der Waals surface area contributed by atoms with Crippen LogP contribution >= 0.6 is 0 Å². The summed E-state index contributed by atoms with van der Waals surface area (Å²) in [5, 5.41) is 3.51.